The summed E-state index contributed by atoms with van der Waals surface area (Å²) >= 11 is 0. The maximum Gasteiger partial charge on any atom is 0.313 e. The molecule has 6 N–H and O–H groups in total. The van der Waals surface area contributed by atoms with Gasteiger partial charge >= 0.3 is 11.8 Å². The molecule has 0 unspecified atom stereocenters. The molecule has 2 aromatic carbocycles. The van der Waals surface area contributed by atoms with Crippen LogP contribution in [0.2, 0.25) is 0 Å². The van der Waals surface area contributed by atoms with E-state index in [1.54, 1.807) is 12.1 Å². The minimum Gasteiger partial charge on any atom is -0.366 e. The fourth-order valence-electron chi connectivity index (χ4n) is 2.05. The lowest BCUT2D eigenvalue weighted by atomic mass is 10.1. The average Bonchev–Trinajstić information content (AvgIpc) is 2.59. The van der Waals surface area contributed by atoms with Crippen LogP contribution in [-0.2, 0) is 26.2 Å². The molecular weight excluding hydrogens is 360 g/mol. The Kier molecular flexibility index (Phi) is 5.70. The minimum absolute atomic E-state index is 0.00534. The van der Waals surface area contributed by atoms with Crippen molar-refractivity contribution in [3.05, 3.63) is 59.7 Å². The Balaban J connectivity index is 1.98. The summed E-state index contributed by atoms with van der Waals surface area (Å²) in [5.41, 5.74) is 5.97. The van der Waals surface area contributed by atoms with Crippen LogP contribution >= 0.6 is 0 Å². The molecule has 136 valence electrons. The van der Waals surface area contributed by atoms with Crippen LogP contribution in [0.4, 0.5) is 5.69 Å². The van der Waals surface area contributed by atoms with E-state index in [1.165, 1.54) is 36.4 Å². The number of hydrogen-bond acceptors (Lipinski definition) is 5. The number of benzene rings is 2. The summed E-state index contributed by atoms with van der Waals surface area (Å²) in [7, 11) is -3.80. The molecule has 0 fully saturated rings. The van der Waals surface area contributed by atoms with Crippen LogP contribution in [0.5, 0.6) is 0 Å². The summed E-state index contributed by atoms with van der Waals surface area (Å²) in [4.78, 5) is 35.0. The second kappa shape index (κ2) is 7.76. The number of primary sulfonamides is 1. The molecular formula is C16H16N4O5S. The molecule has 0 saturated carbocycles. The number of para-hydroxylation sites is 1. The zero-order chi connectivity index (χ0) is 19.3. The smallest absolute Gasteiger partial charge is 0.313 e. The van der Waals surface area contributed by atoms with Gasteiger partial charge in [0.1, 0.15) is 0 Å². The lowest BCUT2D eigenvalue weighted by Gasteiger charge is -2.09. The number of nitrogens with two attached hydrogens (primary N) is 2. The Morgan fingerprint density at radius 2 is 1.54 bits per heavy atom. The Hall–Kier alpha value is -3.24. The second-order valence-electron chi connectivity index (χ2n) is 5.24. The van der Waals surface area contributed by atoms with E-state index in [0.29, 0.717) is 5.56 Å². The Bertz CT molecular complexity index is 955. The van der Waals surface area contributed by atoms with Crippen LogP contribution in [0.25, 0.3) is 0 Å². The van der Waals surface area contributed by atoms with Crippen LogP contribution in [0, 0.1) is 0 Å². The predicted molar refractivity (Wildman–Crippen MR) is 93.3 cm³/mol. The van der Waals surface area contributed by atoms with E-state index in [1.807, 2.05) is 0 Å². The van der Waals surface area contributed by atoms with E-state index in [-0.39, 0.29) is 22.7 Å². The number of anilines is 1. The van der Waals surface area contributed by atoms with Gasteiger partial charge in [-0.3, -0.25) is 14.4 Å². The van der Waals surface area contributed by atoms with Crippen molar-refractivity contribution in [2.75, 3.05) is 5.32 Å². The predicted octanol–water partition coefficient (Wildman–Crippen LogP) is -0.312. The first kappa shape index (κ1) is 19.1. The van der Waals surface area contributed by atoms with Gasteiger partial charge in [0.15, 0.2) is 0 Å². The Morgan fingerprint density at radius 1 is 0.923 bits per heavy atom. The highest BCUT2D eigenvalue weighted by atomic mass is 32.2. The van der Waals surface area contributed by atoms with E-state index in [9.17, 15) is 22.8 Å². The molecule has 0 heterocycles. The molecule has 26 heavy (non-hydrogen) atoms. The highest BCUT2D eigenvalue weighted by molar-refractivity contribution is 7.89. The Labute approximate surface area is 149 Å². The lowest BCUT2D eigenvalue weighted by molar-refractivity contribution is -0.136. The molecule has 0 spiro atoms. The van der Waals surface area contributed by atoms with Gasteiger partial charge in [0, 0.05) is 6.54 Å². The van der Waals surface area contributed by atoms with Crippen LogP contribution < -0.4 is 21.5 Å². The third kappa shape index (κ3) is 4.88. The number of hydrogen-bond donors (Lipinski definition) is 4. The quantitative estimate of drug-likeness (QED) is 0.525. The summed E-state index contributed by atoms with van der Waals surface area (Å²) in [5, 5.41) is 9.68. The molecule has 0 bridgehead atoms. The average molecular weight is 376 g/mol. The SMILES string of the molecule is NC(=O)c1ccccc1NC(=O)C(=O)NCc1ccc(S(N)(=O)=O)cc1. The molecule has 0 aliphatic rings. The van der Waals surface area contributed by atoms with Crippen molar-refractivity contribution in [2.45, 2.75) is 11.4 Å². The molecule has 3 amide bonds. The minimum atomic E-state index is -3.80. The molecule has 0 aliphatic carbocycles. The van der Waals surface area contributed by atoms with E-state index < -0.39 is 27.7 Å². The van der Waals surface area contributed by atoms with Crippen LogP contribution in [0.3, 0.4) is 0 Å². The van der Waals surface area contributed by atoms with E-state index in [0.717, 1.165) is 0 Å². The first-order valence-corrected chi connectivity index (χ1v) is 8.83. The summed E-state index contributed by atoms with van der Waals surface area (Å²) < 4.78 is 22.3. The van der Waals surface area contributed by atoms with Crippen LogP contribution in [0.15, 0.2) is 53.4 Å². The lowest BCUT2D eigenvalue weighted by Crippen LogP contribution is -2.35. The van der Waals surface area contributed by atoms with Crippen molar-refractivity contribution >= 4 is 33.4 Å². The molecule has 10 heteroatoms. The molecule has 0 aliphatic heterocycles. The van der Waals surface area contributed by atoms with Crippen molar-refractivity contribution in [2.24, 2.45) is 10.9 Å². The maximum absolute atomic E-state index is 11.9. The van der Waals surface area contributed by atoms with Crippen molar-refractivity contribution in [1.82, 2.24) is 5.32 Å². The zero-order valence-corrected chi connectivity index (χ0v) is 14.2. The number of nitrogens with one attached hydrogen (secondary N) is 2. The maximum atomic E-state index is 11.9. The molecule has 0 atom stereocenters. The molecule has 2 rings (SSSR count). The van der Waals surface area contributed by atoms with Gasteiger partial charge in [0.2, 0.25) is 10.0 Å². The first-order chi connectivity index (χ1) is 12.2. The van der Waals surface area contributed by atoms with Crippen LogP contribution in [0.1, 0.15) is 15.9 Å². The number of primary amides is 1. The zero-order valence-electron chi connectivity index (χ0n) is 13.4. The van der Waals surface area contributed by atoms with Gasteiger partial charge in [0.25, 0.3) is 5.91 Å². The topological polar surface area (TPSA) is 161 Å². The van der Waals surface area contributed by atoms with Crippen LogP contribution in [-0.4, -0.2) is 26.1 Å². The van der Waals surface area contributed by atoms with Gasteiger partial charge in [-0.25, -0.2) is 13.6 Å². The molecule has 0 aromatic heterocycles. The van der Waals surface area contributed by atoms with E-state index >= 15 is 0 Å². The highest BCUT2D eigenvalue weighted by Gasteiger charge is 2.16. The number of sulfonamides is 1. The van der Waals surface area contributed by atoms with Gasteiger partial charge in [-0.1, -0.05) is 24.3 Å². The first-order valence-electron chi connectivity index (χ1n) is 7.28. The van der Waals surface area contributed by atoms with Gasteiger partial charge in [-0.05, 0) is 29.8 Å². The normalized spacial score (nSPS) is 10.8. The summed E-state index contributed by atoms with van der Waals surface area (Å²) in [6, 6.07) is 11.5. The Morgan fingerprint density at radius 3 is 2.12 bits per heavy atom. The second-order valence-corrected chi connectivity index (χ2v) is 6.80. The number of rotatable bonds is 5. The summed E-state index contributed by atoms with van der Waals surface area (Å²) in [6.45, 7) is -0.00534. The monoisotopic (exact) mass is 376 g/mol. The third-order valence-corrected chi connectivity index (χ3v) is 4.28. The van der Waals surface area contributed by atoms with Crippen molar-refractivity contribution in [1.29, 1.82) is 0 Å². The van der Waals surface area contributed by atoms with Crippen molar-refractivity contribution in [3.8, 4) is 0 Å². The summed E-state index contributed by atoms with van der Waals surface area (Å²) in [5.74, 6) is -2.64. The fourth-order valence-corrected chi connectivity index (χ4v) is 2.56. The van der Waals surface area contributed by atoms with Gasteiger partial charge in [-0.15, -0.1) is 0 Å². The highest BCUT2D eigenvalue weighted by Crippen LogP contribution is 2.14. The third-order valence-electron chi connectivity index (χ3n) is 3.35. The summed E-state index contributed by atoms with van der Waals surface area (Å²) in [6.07, 6.45) is 0. The fraction of sp³-hybridized carbons (Fsp3) is 0.0625. The standard InChI is InChI=1S/C16H16N4O5S/c17-14(21)12-3-1-2-4-13(12)20-16(23)15(22)19-9-10-5-7-11(8-6-10)26(18,24)25/h1-8H,9H2,(H2,17,21)(H,19,22)(H,20,23)(H2,18,24,25). The van der Waals surface area contributed by atoms with Gasteiger partial charge < -0.3 is 16.4 Å². The van der Waals surface area contributed by atoms with Crippen molar-refractivity contribution < 1.29 is 22.8 Å². The number of carbonyl (C=O) groups excluding carboxylic acids is 3. The van der Waals surface area contributed by atoms with Gasteiger partial charge in [0.05, 0.1) is 16.1 Å². The van der Waals surface area contributed by atoms with E-state index in [4.69, 9.17) is 10.9 Å². The molecule has 0 radical (unpaired) electrons. The van der Waals surface area contributed by atoms with Crippen molar-refractivity contribution in [3.63, 3.8) is 0 Å². The number of carbonyl (C=O) groups is 3. The number of amides is 3. The largest absolute Gasteiger partial charge is 0.366 e. The van der Waals surface area contributed by atoms with E-state index in [2.05, 4.69) is 10.6 Å². The molecule has 9 nitrogen and oxygen atoms in total. The van der Waals surface area contributed by atoms with Gasteiger partial charge in [-0.2, -0.15) is 0 Å². The molecule has 2 aromatic rings. The molecule has 0 saturated heterocycles.